The molecule has 20 heavy (non-hydrogen) atoms. The monoisotopic (exact) mass is 272 g/mol. The predicted molar refractivity (Wildman–Crippen MR) is 76.1 cm³/mol. The van der Waals surface area contributed by atoms with Crippen LogP contribution in [0.15, 0.2) is 35.3 Å². The van der Waals surface area contributed by atoms with Gasteiger partial charge in [-0.1, -0.05) is 30.3 Å². The highest BCUT2D eigenvalue weighted by Gasteiger charge is 2.16. The summed E-state index contributed by atoms with van der Waals surface area (Å²) in [6.45, 7) is 3.70. The summed E-state index contributed by atoms with van der Waals surface area (Å²) in [6.07, 6.45) is 0.643. The molecule has 0 aliphatic carbocycles. The van der Waals surface area contributed by atoms with Gasteiger partial charge in [-0.3, -0.25) is 0 Å². The summed E-state index contributed by atoms with van der Waals surface area (Å²) in [5, 5.41) is 4.11. The Morgan fingerprint density at radius 3 is 2.75 bits per heavy atom. The second kappa shape index (κ2) is 6.01. The molecule has 104 valence electrons. The quantitative estimate of drug-likeness (QED) is 0.686. The molecule has 0 radical (unpaired) electrons. The van der Waals surface area contributed by atoms with Crippen molar-refractivity contribution >= 4 is 18.1 Å². The minimum atomic E-state index is -0.534. The second-order valence-electron chi connectivity index (χ2n) is 4.25. The number of aliphatic imine (C=N–C) groups is 1. The molecular weight excluding hydrogens is 256 g/mol. The van der Waals surface area contributed by atoms with E-state index in [1.807, 2.05) is 30.3 Å². The van der Waals surface area contributed by atoms with Gasteiger partial charge in [-0.2, -0.15) is 9.78 Å². The minimum Gasteiger partial charge on any atom is -0.443 e. The average Bonchev–Trinajstić information content (AvgIpc) is 2.74. The van der Waals surface area contributed by atoms with Crippen LogP contribution in [0.2, 0.25) is 0 Å². The predicted octanol–water partition coefficient (Wildman–Crippen LogP) is 2.30. The zero-order chi connectivity index (χ0) is 14.5. The zero-order valence-electron chi connectivity index (χ0n) is 11.4. The van der Waals surface area contributed by atoms with E-state index in [9.17, 15) is 4.79 Å². The number of aryl methyl sites for hydroxylation is 1. The van der Waals surface area contributed by atoms with Crippen LogP contribution in [0.4, 0.5) is 10.5 Å². The highest BCUT2D eigenvalue weighted by Crippen LogP contribution is 2.22. The lowest BCUT2D eigenvalue weighted by molar-refractivity contribution is 0.137. The molecule has 0 amide bonds. The van der Waals surface area contributed by atoms with Gasteiger partial charge >= 0.3 is 6.09 Å². The van der Waals surface area contributed by atoms with Gasteiger partial charge in [0.25, 0.3) is 0 Å². The summed E-state index contributed by atoms with van der Waals surface area (Å²) >= 11 is 0. The number of nitrogens with zero attached hydrogens (tertiary/aromatic N) is 3. The van der Waals surface area contributed by atoms with Gasteiger partial charge in [-0.05, 0) is 19.4 Å². The van der Waals surface area contributed by atoms with Crippen molar-refractivity contribution in [2.75, 3.05) is 0 Å². The molecule has 6 nitrogen and oxygen atoms in total. The van der Waals surface area contributed by atoms with E-state index in [2.05, 4.69) is 10.1 Å². The van der Waals surface area contributed by atoms with Crippen LogP contribution in [0.5, 0.6) is 0 Å². The maximum Gasteiger partial charge on any atom is 0.435 e. The molecule has 1 heterocycles. The molecule has 0 saturated carbocycles. The van der Waals surface area contributed by atoms with Gasteiger partial charge in [0.15, 0.2) is 0 Å². The first-order valence-corrected chi connectivity index (χ1v) is 6.15. The largest absolute Gasteiger partial charge is 0.443 e. The summed E-state index contributed by atoms with van der Waals surface area (Å²) in [5.74, 6) is 0. The van der Waals surface area contributed by atoms with E-state index in [1.54, 1.807) is 13.8 Å². The van der Waals surface area contributed by atoms with Gasteiger partial charge in [-0.15, -0.1) is 0 Å². The fourth-order valence-electron chi connectivity index (χ4n) is 1.85. The Balaban J connectivity index is 2.12. The van der Waals surface area contributed by atoms with Gasteiger partial charge in [0.2, 0.25) is 0 Å². The number of carbonyl (C=O) groups excluding carboxylic acids is 1. The molecule has 2 aromatic rings. The Kier molecular flexibility index (Phi) is 4.14. The second-order valence-corrected chi connectivity index (χ2v) is 4.25. The standard InChI is InChI=1S/C14H16N4O2/c1-10-13(16-9-15)11(2)18(17-10)14(19)20-8-12-6-4-3-5-7-12/h3-7,9H,8H2,1-2H3,(H2,15,16). The van der Waals surface area contributed by atoms with E-state index < -0.39 is 6.09 Å². The highest BCUT2D eigenvalue weighted by molar-refractivity contribution is 5.73. The van der Waals surface area contributed by atoms with Crippen LogP contribution in [0.25, 0.3) is 0 Å². The third-order valence-corrected chi connectivity index (χ3v) is 2.83. The van der Waals surface area contributed by atoms with Crippen LogP contribution in [-0.4, -0.2) is 22.2 Å². The maximum atomic E-state index is 12.0. The first-order valence-electron chi connectivity index (χ1n) is 6.15. The van der Waals surface area contributed by atoms with Crippen molar-refractivity contribution in [3.05, 3.63) is 47.3 Å². The molecule has 1 aromatic heterocycles. The SMILES string of the molecule is Cc1nn(C(=O)OCc2ccccc2)c(C)c1N=CN. The number of hydrogen-bond acceptors (Lipinski definition) is 4. The average molecular weight is 272 g/mol. The number of nitrogens with two attached hydrogens (primary N) is 1. The fourth-order valence-corrected chi connectivity index (χ4v) is 1.85. The molecule has 0 aliphatic heterocycles. The van der Waals surface area contributed by atoms with Gasteiger partial charge in [0, 0.05) is 0 Å². The Hall–Kier alpha value is -2.63. The molecule has 2 rings (SSSR count). The summed E-state index contributed by atoms with van der Waals surface area (Å²) in [4.78, 5) is 16.0. The van der Waals surface area contributed by atoms with Crippen LogP contribution in [0, 0.1) is 13.8 Å². The molecule has 0 spiro atoms. The summed E-state index contributed by atoms with van der Waals surface area (Å²) < 4.78 is 6.41. The van der Waals surface area contributed by atoms with Crippen LogP contribution >= 0.6 is 0 Å². The molecule has 1 aromatic carbocycles. The molecule has 0 bridgehead atoms. The van der Waals surface area contributed by atoms with Crippen molar-refractivity contribution in [2.24, 2.45) is 10.7 Å². The summed E-state index contributed by atoms with van der Waals surface area (Å²) in [6, 6.07) is 9.46. The van der Waals surface area contributed by atoms with Crippen LogP contribution < -0.4 is 5.73 Å². The van der Waals surface area contributed by atoms with E-state index in [0.29, 0.717) is 17.1 Å². The lowest BCUT2D eigenvalue weighted by Gasteiger charge is -2.05. The molecule has 2 N–H and O–H groups in total. The van der Waals surface area contributed by atoms with Gasteiger partial charge in [0.05, 0.1) is 17.7 Å². The molecular formula is C14H16N4O2. The topological polar surface area (TPSA) is 82.5 Å². The number of carbonyl (C=O) groups is 1. The number of hydrogen-bond donors (Lipinski definition) is 1. The zero-order valence-corrected chi connectivity index (χ0v) is 11.4. The van der Waals surface area contributed by atoms with Crippen LogP contribution in [0.1, 0.15) is 17.0 Å². The Morgan fingerprint density at radius 2 is 2.10 bits per heavy atom. The van der Waals surface area contributed by atoms with E-state index in [1.165, 1.54) is 11.0 Å². The third-order valence-electron chi connectivity index (χ3n) is 2.83. The maximum absolute atomic E-state index is 12.0. The summed E-state index contributed by atoms with van der Waals surface area (Å²) in [5.41, 5.74) is 8.00. The van der Waals surface area contributed by atoms with Crippen LogP contribution in [0.3, 0.4) is 0 Å². The van der Waals surface area contributed by atoms with Crippen molar-refractivity contribution in [1.29, 1.82) is 0 Å². The summed E-state index contributed by atoms with van der Waals surface area (Å²) in [7, 11) is 0. The van der Waals surface area contributed by atoms with Gasteiger partial charge in [-0.25, -0.2) is 9.79 Å². The molecule has 6 heteroatoms. The van der Waals surface area contributed by atoms with Gasteiger partial charge in [0.1, 0.15) is 12.3 Å². The molecule has 0 aliphatic rings. The first kappa shape index (κ1) is 13.8. The first-order chi connectivity index (χ1) is 9.63. The van der Waals surface area contributed by atoms with Crippen LogP contribution in [-0.2, 0) is 11.3 Å². The molecule has 0 fully saturated rings. The van der Waals surface area contributed by atoms with Crippen molar-refractivity contribution < 1.29 is 9.53 Å². The van der Waals surface area contributed by atoms with Crippen molar-refractivity contribution in [1.82, 2.24) is 9.78 Å². The van der Waals surface area contributed by atoms with Crippen molar-refractivity contribution in [3.8, 4) is 0 Å². The number of aromatic nitrogens is 2. The van der Waals surface area contributed by atoms with E-state index in [4.69, 9.17) is 10.5 Å². The molecule has 0 atom stereocenters. The highest BCUT2D eigenvalue weighted by atomic mass is 16.6. The fraction of sp³-hybridized carbons (Fsp3) is 0.214. The van der Waals surface area contributed by atoms with Gasteiger partial charge < -0.3 is 10.5 Å². The number of rotatable bonds is 3. The number of ether oxygens (including phenoxy) is 1. The van der Waals surface area contributed by atoms with Crippen molar-refractivity contribution in [3.63, 3.8) is 0 Å². The Morgan fingerprint density at radius 1 is 1.40 bits per heavy atom. The minimum absolute atomic E-state index is 0.202. The van der Waals surface area contributed by atoms with Crippen molar-refractivity contribution in [2.45, 2.75) is 20.5 Å². The Labute approximate surface area is 116 Å². The van der Waals surface area contributed by atoms with E-state index >= 15 is 0 Å². The normalized spacial score (nSPS) is 10.9. The number of benzene rings is 1. The molecule has 0 saturated heterocycles. The Bertz CT molecular complexity index is 632. The lowest BCUT2D eigenvalue weighted by Crippen LogP contribution is -2.16. The van der Waals surface area contributed by atoms with E-state index in [0.717, 1.165) is 5.56 Å². The smallest absolute Gasteiger partial charge is 0.435 e. The third kappa shape index (κ3) is 2.85. The molecule has 0 unspecified atom stereocenters. The van der Waals surface area contributed by atoms with E-state index in [-0.39, 0.29) is 6.61 Å². The lowest BCUT2D eigenvalue weighted by atomic mass is 10.2.